The maximum absolute atomic E-state index is 11.9. The first-order chi connectivity index (χ1) is 28.1. The van der Waals surface area contributed by atoms with Crippen LogP contribution in [0.5, 0.6) is 0 Å². The van der Waals surface area contributed by atoms with Crippen LogP contribution in [0.15, 0.2) is 59.2 Å². The van der Waals surface area contributed by atoms with Gasteiger partial charge in [0.25, 0.3) is 0 Å². The van der Waals surface area contributed by atoms with E-state index in [1.165, 1.54) is 16.7 Å². The van der Waals surface area contributed by atoms with Crippen molar-refractivity contribution < 1.29 is 30.0 Å². The molecule has 8 bridgehead atoms. The summed E-state index contributed by atoms with van der Waals surface area (Å²) in [7, 11) is 0. The standard InChI is InChI=1S/C49H58N4O6/c1-9-34-31(6)39-25-45-49(46(55)18-12-17-30(5)16-11-15-29(4)14-10-13-28(2)3)33(8)40(52-45)24-44-37(27-54)36(20-22-48(58)59)43(53-44)26-42-35(19-21-47(56)57)32(7)38(51-42)23-41(34)50-39/h1,13,15,17,23-26,46,52-55H,10-12,14,16,18-22,27H2,2-8H3,(H,56,57)(H,58,59)/b29-15+,30-17+,38-23?,39-25?,40-24?,41-23?,42-26?,43-26?,44-24?,45-25?/t46-/m0/s1. The highest BCUT2D eigenvalue weighted by atomic mass is 16.4. The number of aromatic nitrogens is 4. The summed E-state index contributed by atoms with van der Waals surface area (Å²) in [5.41, 5.74) is 14.5. The third kappa shape index (κ3) is 10.8. The molecule has 0 saturated heterocycles. The van der Waals surface area contributed by atoms with E-state index < -0.39 is 18.0 Å². The Bertz CT molecular complexity index is 2490. The van der Waals surface area contributed by atoms with Crippen LogP contribution in [0.3, 0.4) is 0 Å². The smallest absolute Gasteiger partial charge is 0.303 e. The first kappa shape index (κ1) is 44.3. The number of aryl methyl sites for hydroxylation is 2. The molecular weight excluding hydrogens is 741 g/mol. The predicted octanol–water partition coefficient (Wildman–Crippen LogP) is 10.7. The van der Waals surface area contributed by atoms with Crippen molar-refractivity contribution in [3.8, 4) is 12.3 Å². The third-order valence-electron chi connectivity index (χ3n) is 11.3. The second-order valence-corrected chi connectivity index (χ2v) is 16.0. The number of aliphatic hydroxyl groups is 2. The van der Waals surface area contributed by atoms with Gasteiger partial charge in [-0.2, -0.15) is 0 Å². The Hall–Kier alpha value is -5.76. The number of H-pyrrole nitrogens is 2. The Kier molecular flexibility index (Phi) is 14.9. The molecule has 10 heteroatoms. The van der Waals surface area contributed by atoms with Gasteiger partial charge in [-0.15, -0.1) is 6.42 Å². The Morgan fingerprint density at radius 1 is 0.712 bits per heavy atom. The van der Waals surface area contributed by atoms with Crippen LogP contribution < -0.4 is 0 Å². The molecule has 5 heterocycles. The van der Waals surface area contributed by atoms with E-state index in [2.05, 4.69) is 61.8 Å². The minimum atomic E-state index is -0.978. The normalized spacial score (nSPS) is 13.8. The molecule has 3 aromatic rings. The van der Waals surface area contributed by atoms with Gasteiger partial charge in [0, 0.05) is 46.0 Å². The molecule has 2 aliphatic heterocycles. The molecule has 0 saturated carbocycles. The molecule has 0 fully saturated rings. The number of allylic oxidation sites excluding steroid dienone is 10. The van der Waals surface area contributed by atoms with Gasteiger partial charge < -0.3 is 30.4 Å². The number of nitrogens with zero attached hydrogens (tertiary/aromatic N) is 2. The average molecular weight is 799 g/mol. The fourth-order valence-corrected chi connectivity index (χ4v) is 7.88. The highest BCUT2D eigenvalue weighted by Gasteiger charge is 2.23. The van der Waals surface area contributed by atoms with Gasteiger partial charge in [-0.3, -0.25) is 9.59 Å². The number of terminal acetylenes is 1. The van der Waals surface area contributed by atoms with Gasteiger partial charge in [0.05, 0.1) is 41.1 Å². The van der Waals surface area contributed by atoms with Gasteiger partial charge in [-0.05, 0) is 152 Å². The second-order valence-electron chi connectivity index (χ2n) is 16.0. The number of hydrogen-bond donors (Lipinski definition) is 6. The summed E-state index contributed by atoms with van der Waals surface area (Å²) >= 11 is 0. The van der Waals surface area contributed by atoms with E-state index in [4.69, 9.17) is 16.4 Å². The highest BCUT2D eigenvalue weighted by Crippen LogP contribution is 2.38. The number of rotatable bonds is 17. The van der Waals surface area contributed by atoms with Crippen LogP contribution in [-0.4, -0.2) is 52.3 Å². The lowest BCUT2D eigenvalue weighted by molar-refractivity contribution is -0.137. The maximum atomic E-state index is 11.9. The SMILES string of the molecule is C#CC1=C(C)c2cc3[nH]c(cc4[nH]c(cc5nc(cc1n2)C(C)=C5CCC(=O)O)c(CCC(=O)O)c4CO)c(C)c3[C@@H](O)CC/C=C(\C)CC/C=C(\C)CCC=C(C)C. The van der Waals surface area contributed by atoms with Crippen molar-refractivity contribution in [3.05, 3.63) is 104 Å². The minimum Gasteiger partial charge on any atom is -0.481 e. The monoisotopic (exact) mass is 798 g/mol. The van der Waals surface area contributed by atoms with Crippen molar-refractivity contribution in [1.82, 2.24) is 19.9 Å². The molecule has 5 rings (SSSR count). The molecule has 10 nitrogen and oxygen atoms in total. The van der Waals surface area contributed by atoms with E-state index in [9.17, 15) is 30.0 Å². The molecule has 0 spiro atoms. The molecule has 3 aromatic heterocycles. The van der Waals surface area contributed by atoms with Crippen molar-refractivity contribution in [2.45, 2.75) is 125 Å². The van der Waals surface area contributed by atoms with Crippen molar-refractivity contribution in [2.24, 2.45) is 0 Å². The number of carbonyl (C=O) groups is 2. The third-order valence-corrected chi connectivity index (χ3v) is 11.3. The van der Waals surface area contributed by atoms with E-state index in [1.54, 1.807) is 6.07 Å². The summed E-state index contributed by atoms with van der Waals surface area (Å²) in [5, 5.41) is 41.9. The van der Waals surface area contributed by atoms with Crippen LogP contribution in [-0.2, 0) is 22.6 Å². The van der Waals surface area contributed by atoms with E-state index >= 15 is 0 Å². The Morgan fingerprint density at radius 3 is 1.93 bits per heavy atom. The van der Waals surface area contributed by atoms with Gasteiger partial charge in [-0.1, -0.05) is 40.9 Å². The molecule has 0 aliphatic carbocycles. The van der Waals surface area contributed by atoms with E-state index in [1.807, 2.05) is 39.0 Å². The lowest BCUT2D eigenvalue weighted by Crippen LogP contribution is -1.99. The van der Waals surface area contributed by atoms with Crippen LogP contribution in [0.1, 0.15) is 150 Å². The first-order valence-electron chi connectivity index (χ1n) is 20.4. The number of nitrogens with one attached hydrogen (secondary N) is 2. The minimum absolute atomic E-state index is 0.111. The van der Waals surface area contributed by atoms with Gasteiger partial charge in [0.15, 0.2) is 0 Å². The lowest BCUT2D eigenvalue weighted by Gasteiger charge is -2.11. The number of aromatic amines is 2. The highest BCUT2D eigenvalue weighted by molar-refractivity contribution is 6.00. The summed E-state index contributed by atoms with van der Waals surface area (Å²) in [5.74, 6) is 0.885. The maximum Gasteiger partial charge on any atom is 0.303 e. The van der Waals surface area contributed by atoms with Crippen molar-refractivity contribution in [1.29, 1.82) is 0 Å². The number of aliphatic hydroxyl groups excluding tert-OH is 2. The molecule has 0 radical (unpaired) electrons. The fourth-order valence-electron chi connectivity index (χ4n) is 7.88. The zero-order chi connectivity index (χ0) is 43.0. The summed E-state index contributed by atoms with van der Waals surface area (Å²) in [6.07, 6.45) is 17.4. The Morgan fingerprint density at radius 2 is 1.29 bits per heavy atom. The van der Waals surface area contributed by atoms with E-state index in [0.29, 0.717) is 74.4 Å². The van der Waals surface area contributed by atoms with Crippen LogP contribution >= 0.6 is 0 Å². The summed E-state index contributed by atoms with van der Waals surface area (Å²) < 4.78 is 0. The second kappa shape index (κ2) is 19.8. The van der Waals surface area contributed by atoms with E-state index in [0.717, 1.165) is 53.5 Å². The Labute approximate surface area is 347 Å². The zero-order valence-electron chi connectivity index (χ0n) is 35.5. The largest absolute Gasteiger partial charge is 0.481 e. The first-order valence-corrected chi connectivity index (χ1v) is 20.4. The van der Waals surface area contributed by atoms with Crippen molar-refractivity contribution in [3.63, 3.8) is 0 Å². The Balaban J connectivity index is 1.66. The number of aliphatic carboxylic acids is 2. The average Bonchev–Trinajstić information content (AvgIpc) is 3.85. The predicted molar refractivity (Wildman–Crippen MR) is 238 cm³/mol. The van der Waals surface area contributed by atoms with Crippen LogP contribution in [0.25, 0.3) is 44.4 Å². The molecule has 6 N–H and O–H groups in total. The number of fused-ring (bicyclic) bond motifs is 8. The van der Waals surface area contributed by atoms with Crippen molar-refractivity contribution >= 4 is 56.3 Å². The molecule has 0 aromatic carbocycles. The van der Waals surface area contributed by atoms with Crippen LogP contribution in [0, 0.1) is 19.3 Å². The molecule has 59 heavy (non-hydrogen) atoms. The van der Waals surface area contributed by atoms with Gasteiger partial charge >= 0.3 is 11.9 Å². The van der Waals surface area contributed by atoms with Crippen molar-refractivity contribution in [2.75, 3.05) is 0 Å². The fraction of sp³-hybridized carbons (Fsp3) is 0.388. The molecule has 1 atom stereocenters. The van der Waals surface area contributed by atoms with Gasteiger partial charge in [0.1, 0.15) is 0 Å². The van der Waals surface area contributed by atoms with Gasteiger partial charge in [0.2, 0.25) is 0 Å². The zero-order valence-corrected chi connectivity index (χ0v) is 35.5. The number of carboxylic acids is 2. The summed E-state index contributed by atoms with van der Waals surface area (Å²) in [4.78, 5) is 40.4. The number of hydrogen-bond acceptors (Lipinski definition) is 6. The molecule has 310 valence electrons. The number of carboxylic acid groups (broad SMARTS) is 2. The van der Waals surface area contributed by atoms with Crippen LogP contribution in [0.4, 0.5) is 0 Å². The van der Waals surface area contributed by atoms with Crippen LogP contribution in [0.2, 0.25) is 0 Å². The lowest BCUT2D eigenvalue weighted by atomic mass is 9.99. The molecule has 0 amide bonds. The van der Waals surface area contributed by atoms with Gasteiger partial charge in [-0.25, -0.2) is 9.97 Å². The molecule has 2 aliphatic rings. The molecule has 0 unspecified atom stereocenters. The van der Waals surface area contributed by atoms with E-state index in [-0.39, 0.29) is 32.3 Å². The topological polar surface area (TPSA) is 172 Å². The summed E-state index contributed by atoms with van der Waals surface area (Å²) in [6, 6.07) is 7.40. The molecular formula is C49H58N4O6. The quantitative estimate of drug-likeness (QED) is 0.0578. The summed E-state index contributed by atoms with van der Waals surface area (Å²) in [6.45, 7) is 14.0.